The smallest absolute Gasteiger partial charge is 0.253 e. The number of nitrogens with one attached hydrogen (secondary N) is 1. The fourth-order valence-electron chi connectivity index (χ4n) is 1.61. The van der Waals surface area contributed by atoms with Crippen molar-refractivity contribution in [1.82, 2.24) is 25.1 Å². The number of nitrogens with zero attached hydrogens (tertiary/aromatic N) is 4. The fraction of sp³-hybridized carbons (Fsp3) is 0. The Morgan fingerprint density at radius 2 is 1.84 bits per heavy atom. The van der Waals surface area contributed by atoms with Crippen LogP contribution in [0, 0.1) is 0 Å². The Morgan fingerprint density at radius 1 is 1.11 bits per heavy atom. The highest BCUT2D eigenvalue weighted by Crippen LogP contribution is 2.19. The summed E-state index contributed by atoms with van der Waals surface area (Å²) < 4.78 is 22.2. The Labute approximate surface area is 107 Å². The molecule has 96 valence electrons. The Bertz CT molecular complexity index is 857. The van der Waals surface area contributed by atoms with Crippen LogP contribution in [0.2, 0.25) is 0 Å². The summed E-state index contributed by atoms with van der Waals surface area (Å²) in [6, 6.07) is 5.20. The zero-order valence-electron chi connectivity index (χ0n) is 9.48. The lowest BCUT2D eigenvalue weighted by molar-refractivity contribution is 0.589. The molecule has 3 aromatic rings. The number of hydrogen-bond acceptors (Lipinski definition) is 6. The molecule has 0 unspecified atom stereocenters. The minimum atomic E-state index is -3.89. The summed E-state index contributed by atoms with van der Waals surface area (Å²) in [5, 5.41) is 10.7. The molecule has 0 spiro atoms. The van der Waals surface area contributed by atoms with E-state index in [9.17, 15) is 8.42 Å². The molecule has 2 aromatic heterocycles. The van der Waals surface area contributed by atoms with Gasteiger partial charge in [-0.1, -0.05) is 0 Å². The molecule has 0 bridgehead atoms. The number of fused-ring (bicyclic) bond motifs is 1. The number of sulfonamides is 1. The maximum atomic E-state index is 11.1. The molecule has 0 aliphatic carbocycles. The summed E-state index contributed by atoms with van der Waals surface area (Å²) in [5.41, 5.74) is 2.02. The van der Waals surface area contributed by atoms with Crippen molar-refractivity contribution in [2.45, 2.75) is 5.16 Å². The molecule has 0 amide bonds. The van der Waals surface area contributed by atoms with Gasteiger partial charge in [0.15, 0.2) is 5.82 Å². The molecule has 1 aromatic carbocycles. The van der Waals surface area contributed by atoms with Crippen LogP contribution >= 0.6 is 0 Å². The molecule has 0 aliphatic rings. The average molecular weight is 276 g/mol. The third-order valence-electron chi connectivity index (χ3n) is 2.46. The number of rotatable bonds is 2. The molecule has 3 rings (SSSR count). The molecule has 0 saturated heterocycles. The Kier molecular flexibility index (Phi) is 2.50. The molecular formula is C10H8N6O2S. The summed E-state index contributed by atoms with van der Waals surface area (Å²) in [7, 11) is -3.89. The van der Waals surface area contributed by atoms with Gasteiger partial charge in [-0.3, -0.25) is 9.97 Å². The van der Waals surface area contributed by atoms with Gasteiger partial charge in [0.2, 0.25) is 0 Å². The van der Waals surface area contributed by atoms with E-state index >= 15 is 0 Å². The number of aromatic nitrogens is 5. The zero-order chi connectivity index (χ0) is 13.5. The van der Waals surface area contributed by atoms with Gasteiger partial charge < -0.3 is 0 Å². The standard InChI is InChI=1S/C10H8N6O2S/c11-19(17,18)10-14-9(15-16-10)6-1-2-7-8(5-6)13-4-3-12-7/h1-5H,(H2,11,17,18)(H,14,15,16). The lowest BCUT2D eigenvalue weighted by Crippen LogP contribution is -2.13. The summed E-state index contributed by atoms with van der Waals surface area (Å²) in [6.07, 6.45) is 3.16. The van der Waals surface area contributed by atoms with Crippen LogP contribution in [0.5, 0.6) is 0 Å². The van der Waals surface area contributed by atoms with E-state index in [4.69, 9.17) is 5.14 Å². The third-order valence-corrected chi connectivity index (χ3v) is 3.18. The number of aromatic amines is 1. The molecule has 2 heterocycles. The highest BCUT2D eigenvalue weighted by Gasteiger charge is 2.15. The number of hydrogen-bond donors (Lipinski definition) is 2. The van der Waals surface area contributed by atoms with Gasteiger partial charge in [0.1, 0.15) is 0 Å². The molecule has 8 nitrogen and oxygen atoms in total. The van der Waals surface area contributed by atoms with Crippen molar-refractivity contribution in [3.63, 3.8) is 0 Å². The Morgan fingerprint density at radius 3 is 2.53 bits per heavy atom. The van der Waals surface area contributed by atoms with Crippen LogP contribution in [0.25, 0.3) is 22.4 Å². The first-order valence-corrected chi connectivity index (χ1v) is 6.75. The molecule has 0 atom stereocenters. The van der Waals surface area contributed by atoms with E-state index in [1.54, 1.807) is 30.6 Å². The predicted molar refractivity (Wildman–Crippen MR) is 66.3 cm³/mol. The Hall–Kier alpha value is -2.39. The lowest BCUT2D eigenvalue weighted by atomic mass is 10.2. The normalized spacial score (nSPS) is 11.8. The molecule has 9 heteroatoms. The van der Waals surface area contributed by atoms with E-state index < -0.39 is 10.0 Å². The minimum absolute atomic E-state index is 0.233. The van der Waals surface area contributed by atoms with Gasteiger partial charge in [-0.15, -0.1) is 0 Å². The van der Waals surface area contributed by atoms with Gasteiger partial charge in [-0.2, -0.15) is 10.1 Å². The van der Waals surface area contributed by atoms with Crippen molar-refractivity contribution in [2.24, 2.45) is 5.14 Å². The van der Waals surface area contributed by atoms with Crippen LogP contribution in [-0.4, -0.2) is 33.6 Å². The summed E-state index contributed by atoms with van der Waals surface area (Å²) in [6.45, 7) is 0. The average Bonchev–Trinajstić information content (AvgIpc) is 2.87. The fourth-order valence-corrected chi connectivity index (χ4v) is 1.99. The number of primary sulfonamides is 1. The SMILES string of the molecule is NS(=O)(=O)c1nc(-c2ccc3nccnc3c2)n[nH]1. The second-order valence-corrected chi connectivity index (χ2v) is 5.25. The second kappa shape index (κ2) is 4.07. The third kappa shape index (κ3) is 2.16. The summed E-state index contributed by atoms with van der Waals surface area (Å²) >= 11 is 0. The first-order valence-electron chi connectivity index (χ1n) is 5.20. The van der Waals surface area contributed by atoms with Crippen molar-refractivity contribution in [1.29, 1.82) is 0 Å². The van der Waals surface area contributed by atoms with Crippen molar-refractivity contribution < 1.29 is 8.42 Å². The van der Waals surface area contributed by atoms with Crippen LogP contribution in [0.15, 0.2) is 35.7 Å². The largest absolute Gasteiger partial charge is 0.273 e. The first kappa shape index (κ1) is 11.7. The number of nitrogens with two attached hydrogens (primary N) is 1. The van der Waals surface area contributed by atoms with Gasteiger partial charge in [0.05, 0.1) is 11.0 Å². The van der Waals surface area contributed by atoms with Gasteiger partial charge in [-0.25, -0.2) is 18.7 Å². The van der Waals surface area contributed by atoms with Gasteiger partial charge in [0.25, 0.3) is 15.2 Å². The highest BCUT2D eigenvalue weighted by atomic mass is 32.2. The van der Waals surface area contributed by atoms with Crippen molar-refractivity contribution in [3.8, 4) is 11.4 Å². The van der Waals surface area contributed by atoms with Crippen molar-refractivity contribution in [2.75, 3.05) is 0 Å². The maximum Gasteiger partial charge on any atom is 0.273 e. The van der Waals surface area contributed by atoms with E-state index in [0.717, 1.165) is 5.52 Å². The van der Waals surface area contributed by atoms with Crippen LogP contribution in [0.1, 0.15) is 0 Å². The van der Waals surface area contributed by atoms with Crippen LogP contribution in [0.4, 0.5) is 0 Å². The molecular weight excluding hydrogens is 268 g/mol. The van der Waals surface area contributed by atoms with Crippen molar-refractivity contribution >= 4 is 21.1 Å². The van der Waals surface area contributed by atoms with E-state index in [0.29, 0.717) is 11.1 Å². The van der Waals surface area contributed by atoms with E-state index in [-0.39, 0.29) is 11.0 Å². The maximum absolute atomic E-state index is 11.1. The number of H-pyrrole nitrogens is 1. The van der Waals surface area contributed by atoms with Gasteiger partial charge in [0, 0.05) is 18.0 Å². The van der Waals surface area contributed by atoms with E-state index in [2.05, 4.69) is 25.1 Å². The van der Waals surface area contributed by atoms with Crippen LogP contribution in [-0.2, 0) is 10.0 Å². The second-order valence-electron chi connectivity index (χ2n) is 3.77. The topological polar surface area (TPSA) is 128 Å². The van der Waals surface area contributed by atoms with Crippen LogP contribution < -0.4 is 5.14 Å². The first-order chi connectivity index (χ1) is 9.04. The quantitative estimate of drug-likeness (QED) is 0.681. The van der Waals surface area contributed by atoms with E-state index in [1.165, 1.54) is 0 Å². The predicted octanol–water partition coefficient (Wildman–Crippen LogP) is 0.0623. The molecule has 0 aliphatic heterocycles. The molecule has 0 fully saturated rings. The molecule has 0 saturated carbocycles. The van der Waals surface area contributed by atoms with Crippen molar-refractivity contribution in [3.05, 3.63) is 30.6 Å². The Balaban J connectivity index is 2.11. The van der Waals surface area contributed by atoms with Gasteiger partial charge in [-0.05, 0) is 18.2 Å². The number of benzene rings is 1. The summed E-state index contributed by atoms with van der Waals surface area (Å²) in [5.74, 6) is 0.233. The molecule has 3 N–H and O–H groups in total. The monoisotopic (exact) mass is 276 g/mol. The summed E-state index contributed by atoms with van der Waals surface area (Å²) in [4.78, 5) is 12.1. The van der Waals surface area contributed by atoms with Crippen LogP contribution in [0.3, 0.4) is 0 Å². The molecule has 0 radical (unpaired) electrons. The lowest BCUT2D eigenvalue weighted by Gasteiger charge is -1.98. The molecule has 19 heavy (non-hydrogen) atoms. The van der Waals surface area contributed by atoms with Gasteiger partial charge >= 0.3 is 0 Å². The minimum Gasteiger partial charge on any atom is -0.253 e. The zero-order valence-corrected chi connectivity index (χ0v) is 10.3. The highest BCUT2D eigenvalue weighted by molar-refractivity contribution is 7.89. The van der Waals surface area contributed by atoms with E-state index in [1.807, 2.05) is 0 Å².